The Morgan fingerprint density at radius 2 is 1.34 bits per heavy atom. The fraction of sp³-hybridized carbons (Fsp3) is 0.208. The Hall–Kier alpha value is -3.34. The number of amides is 1. The van der Waals surface area contributed by atoms with Crippen LogP contribution in [0.2, 0.25) is 0 Å². The molecule has 29 heavy (non-hydrogen) atoms. The molecule has 1 amide bonds. The number of nitrogens with zero attached hydrogens (tertiary/aromatic N) is 2. The number of anilines is 1. The van der Waals surface area contributed by atoms with Crippen LogP contribution in [0, 0.1) is 5.82 Å². The second-order valence-electron chi connectivity index (χ2n) is 7.40. The normalized spacial score (nSPS) is 16.0. The summed E-state index contributed by atoms with van der Waals surface area (Å²) in [6.45, 7) is 2.73. The molecule has 0 saturated carbocycles. The van der Waals surface area contributed by atoms with Gasteiger partial charge in [-0.3, -0.25) is 4.79 Å². The van der Waals surface area contributed by atoms with Gasteiger partial charge in [0.05, 0.1) is 5.92 Å². The van der Waals surface area contributed by atoms with Crippen molar-refractivity contribution in [1.29, 1.82) is 0 Å². The minimum Gasteiger partial charge on any atom is -0.457 e. The standard InChI is InChI=1S/C24H21FN2O2/c25-17-9-11-18(12-10-17)26-13-15-27(16-14-26)24(28)23-19-5-1-3-7-21(19)29-22-8-4-2-6-20(22)23/h1-12,23H,13-16H2. The van der Waals surface area contributed by atoms with Gasteiger partial charge in [0.25, 0.3) is 0 Å². The zero-order valence-electron chi connectivity index (χ0n) is 15.9. The molecule has 2 heterocycles. The van der Waals surface area contributed by atoms with Crippen LogP contribution in [0.4, 0.5) is 10.1 Å². The van der Waals surface area contributed by atoms with Gasteiger partial charge in [-0.15, -0.1) is 0 Å². The van der Waals surface area contributed by atoms with E-state index in [1.54, 1.807) is 12.1 Å². The molecule has 5 rings (SSSR count). The smallest absolute Gasteiger partial charge is 0.234 e. The van der Waals surface area contributed by atoms with Crippen molar-refractivity contribution in [3.8, 4) is 11.5 Å². The fourth-order valence-electron chi connectivity index (χ4n) is 4.20. The van der Waals surface area contributed by atoms with E-state index in [1.165, 1.54) is 12.1 Å². The molecule has 1 fully saturated rings. The van der Waals surface area contributed by atoms with Gasteiger partial charge >= 0.3 is 0 Å². The maximum atomic E-state index is 13.6. The van der Waals surface area contributed by atoms with Crippen molar-refractivity contribution in [3.05, 3.63) is 89.7 Å². The topological polar surface area (TPSA) is 32.8 Å². The van der Waals surface area contributed by atoms with E-state index in [4.69, 9.17) is 4.74 Å². The number of fused-ring (bicyclic) bond motifs is 2. The molecule has 0 bridgehead atoms. The van der Waals surface area contributed by atoms with Crippen molar-refractivity contribution in [2.45, 2.75) is 5.92 Å². The number of ether oxygens (including phenoxy) is 1. The molecule has 5 heteroatoms. The molecule has 1 saturated heterocycles. The molecule has 0 spiro atoms. The lowest BCUT2D eigenvalue weighted by atomic mass is 9.86. The average molecular weight is 388 g/mol. The van der Waals surface area contributed by atoms with Gasteiger partial charge in [0.1, 0.15) is 17.3 Å². The van der Waals surface area contributed by atoms with Gasteiger partial charge in [-0.2, -0.15) is 0 Å². The van der Waals surface area contributed by atoms with Crippen molar-refractivity contribution >= 4 is 11.6 Å². The summed E-state index contributed by atoms with van der Waals surface area (Å²) in [6.07, 6.45) is 0. The van der Waals surface area contributed by atoms with E-state index in [-0.39, 0.29) is 17.6 Å². The SMILES string of the molecule is O=C(C1c2ccccc2Oc2ccccc21)N1CCN(c2ccc(F)cc2)CC1. The van der Waals surface area contributed by atoms with Crippen LogP contribution in [-0.2, 0) is 4.79 Å². The number of rotatable bonds is 2. The van der Waals surface area contributed by atoms with Crippen molar-refractivity contribution < 1.29 is 13.9 Å². The Labute approximate surface area is 169 Å². The molecule has 3 aromatic rings. The first kappa shape index (κ1) is 17.7. The van der Waals surface area contributed by atoms with Crippen LogP contribution in [0.1, 0.15) is 17.0 Å². The predicted molar refractivity (Wildman–Crippen MR) is 110 cm³/mol. The second kappa shape index (κ2) is 7.24. The maximum Gasteiger partial charge on any atom is 0.234 e. The summed E-state index contributed by atoms with van der Waals surface area (Å²) in [6, 6.07) is 22.1. The minimum atomic E-state index is -0.353. The number of hydrogen-bond acceptors (Lipinski definition) is 3. The molecule has 0 radical (unpaired) electrons. The summed E-state index contributed by atoms with van der Waals surface area (Å²) < 4.78 is 19.2. The summed E-state index contributed by atoms with van der Waals surface area (Å²) in [4.78, 5) is 17.7. The molecule has 0 aliphatic carbocycles. The molecule has 2 aliphatic rings. The number of carbonyl (C=O) groups excluding carboxylic acids is 1. The third-order valence-corrected chi connectivity index (χ3v) is 5.71. The number of piperazine rings is 1. The van der Waals surface area contributed by atoms with Gasteiger partial charge in [-0.25, -0.2) is 4.39 Å². The molecular weight excluding hydrogens is 367 g/mol. The zero-order valence-corrected chi connectivity index (χ0v) is 15.9. The van der Waals surface area contributed by atoms with Crippen molar-refractivity contribution in [2.24, 2.45) is 0 Å². The van der Waals surface area contributed by atoms with E-state index in [0.717, 1.165) is 41.4 Å². The van der Waals surface area contributed by atoms with Crippen LogP contribution in [0.3, 0.4) is 0 Å². The Morgan fingerprint density at radius 3 is 1.93 bits per heavy atom. The minimum absolute atomic E-state index is 0.104. The lowest BCUT2D eigenvalue weighted by Crippen LogP contribution is -2.50. The molecule has 2 aliphatic heterocycles. The highest BCUT2D eigenvalue weighted by molar-refractivity contribution is 5.90. The molecule has 0 N–H and O–H groups in total. The van der Waals surface area contributed by atoms with E-state index in [0.29, 0.717) is 13.1 Å². The maximum absolute atomic E-state index is 13.6. The van der Waals surface area contributed by atoms with Gasteiger partial charge in [-0.05, 0) is 36.4 Å². The van der Waals surface area contributed by atoms with E-state index in [9.17, 15) is 9.18 Å². The third-order valence-electron chi connectivity index (χ3n) is 5.71. The van der Waals surface area contributed by atoms with Gasteiger partial charge < -0.3 is 14.5 Å². The molecule has 0 unspecified atom stereocenters. The first-order chi connectivity index (χ1) is 14.2. The number of hydrogen-bond donors (Lipinski definition) is 0. The molecule has 0 atom stereocenters. The fourth-order valence-corrected chi connectivity index (χ4v) is 4.20. The van der Waals surface area contributed by atoms with Crippen LogP contribution in [-0.4, -0.2) is 37.0 Å². The van der Waals surface area contributed by atoms with Crippen LogP contribution in [0.25, 0.3) is 0 Å². The second-order valence-corrected chi connectivity index (χ2v) is 7.40. The Bertz CT molecular complexity index is 997. The number of carbonyl (C=O) groups is 1. The summed E-state index contributed by atoms with van der Waals surface area (Å²) in [5.74, 6) is 1.00. The van der Waals surface area contributed by atoms with Gasteiger partial charge in [0.15, 0.2) is 0 Å². The number of benzene rings is 3. The van der Waals surface area contributed by atoms with Gasteiger partial charge in [0.2, 0.25) is 5.91 Å². The van der Waals surface area contributed by atoms with E-state index >= 15 is 0 Å². The third kappa shape index (κ3) is 3.23. The zero-order chi connectivity index (χ0) is 19.8. The molecular formula is C24H21FN2O2. The highest BCUT2D eigenvalue weighted by Gasteiger charge is 2.36. The predicted octanol–water partition coefficient (Wildman–Crippen LogP) is 4.41. The molecule has 0 aromatic heterocycles. The number of halogens is 1. The summed E-state index contributed by atoms with van der Waals surface area (Å²) in [5.41, 5.74) is 2.81. The number of para-hydroxylation sites is 2. The van der Waals surface area contributed by atoms with Crippen LogP contribution in [0.15, 0.2) is 72.8 Å². The highest BCUT2D eigenvalue weighted by atomic mass is 19.1. The first-order valence-corrected chi connectivity index (χ1v) is 9.86. The van der Waals surface area contributed by atoms with Crippen molar-refractivity contribution in [1.82, 2.24) is 4.90 Å². The van der Waals surface area contributed by atoms with E-state index in [2.05, 4.69) is 4.90 Å². The van der Waals surface area contributed by atoms with Crippen molar-refractivity contribution in [2.75, 3.05) is 31.1 Å². The van der Waals surface area contributed by atoms with Crippen LogP contribution < -0.4 is 9.64 Å². The quantitative estimate of drug-likeness (QED) is 0.652. The van der Waals surface area contributed by atoms with E-state index < -0.39 is 0 Å². The van der Waals surface area contributed by atoms with Gasteiger partial charge in [-0.1, -0.05) is 36.4 Å². The Kier molecular flexibility index (Phi) is 4.43. The monoisotopic (exact) mass is 388 g/mol. The molecule has 3 aromatic carbocycles. The van der Waals surface area contributed by atoms with Crippen LogP contribution >= 0.6 is 0 Å². The lowest BCUT2D eigenvalue weighted by Gasteiger charge is -2.38. The van der Waals surface area contributed by atoms with Crippen LogP contribution in [0.5, 0.6) is 11.5 Å². The first-order valence-electron chi connectivity index (χ1n) is 9.86. The largest absolute Gasteiger partial charge is 0.457 e. The Morgan fingerprint density at radius 1 is 0.793 bits per heavy atom. The van der Waals surface area contributed by atoms with Crippen molar-refractivity contribution in [3.63, 3.8) is 0 Å². The summed E-state index contributed by atoms with van der Waals surface area (Å²) in [7, 11) is 0. The highest BCUT2D eigenvalue weighted by Crippen LogP contribution is 2.44. The average Bonchev–Trinajstić information content (AvgIpc) is 2.77. The van der Waals surface area contributed by atoms with Gasteiger partial charge in [0, 0.05) is 43.0 Å². The molecule has 146 valence electrons. The summed E-state index contributed by atoms with van der Waals surface area (Å²) in [5, 5.41) is 0. The molecule has 4 nitrogen and oxygen atoms in total. The summed E-state index contributed by atoms with van der Waals surface area (Å²) >= 11 is 0. The Balaban J connectivity index is 1.38. The lowest BCUT2D eigenvalue weighted by molar-refractivity contribution is -0.132. The van der Waals surface area contributed by atoms with E-state index in [1.807, 2.05) is 53.4 Å².